The van der Waals surface area contributed by atoms with Gasteiger partial charge in [0.15, 0.2) is 11.6 Å². The molecule has 1 fully saturated rings. The van der Waals surface area contributed by atoms with Crippen molar-refractivity contribution in [1.29, 1.82) is 0 Å². The third kappa shape index (κ3) is 4.28. The fraction of sp³-hybridized carbons (Fsp3) is 0.235. The highest BCUT2D eigenvalue weighted by Gasteiger charge is 2.28. The number of hydrogen-bond acceptors (Lipinski definition) is 3. The van der Waals surface area contributed by atoms with Crippen LogP contribution in [0.3, 0.4) is 0 Å². The monoisotopic (exact) mass is 414 g/mol. The van der Waals surface area contributed by atoms with Crippen molar-refractivity contribution in [2.45, 2.75) is 6.42 Å². The second-order valence-electron chi connectivity index (χ2n) is 5.83. The first-order chi connectivity index (χ1) is 12.9. The van der Waals surface area contributed by atoms with E-state index in [2.05, 4.69) is 10.3 Å². The van der Waals surface area contributed by atoms with E-state index < -0.39 is 17.7 Å². The van der Waals surface area contributed by atoms with Gasteiger partial charge in [-0.15, -0.1) is 0 Å². The van der Waals surface area contributed by atoms with Crippen molar-refractivity contribution in [3.05, 3.63) is 52.3 Å². The Labute approximate surface area is 163 Å². The molecule has 0 bridgehead atoms. The second kappa shape index (κ2) is 8.06. The Hall–Kier alpha value is -2.45. The third-order valence-electron chi connectivity index (χ3n) is 3.99. The highest BCUT2D eigenvalue weighted by atomic mass is 35.5. The second-order valence-corrected chi connectivity index (χ2v) is 6.65. The number of benzene rings is 1. The summed E-state index contributed by atoms with van der Waals surface area (Å²) in [6.07, 6.45) is 3.24. The summed E-state index contributed by atoms with van der Waals surface area (Å²) in [6.45, 7) is 0.389. The lowest BCUT2D eigenvalue weighted by atomic mass is 10.3. The molecule has 0 saturated carbocycles. The van der Waals surface area contributed by atoms with Gasteiger partial charge >= 0.3 is 6.03 Å². The molecule has 3 amide bonds. The molecule has 0 radical (unpaired) electrons. The van der Waals surface area contributed by atoms with E-state index in [0.29, 0.717) is 18.7 Å². The number of halogens is 4. The van der Waals surface area contributed by atoms with E-state index in [1.54, 1.807) is 0 Å². The molecule has 0 aliphatic carbocycles. The third-order valence-corrected chi connectivity index (χ3v) is 4.55. The number of amides is 3. The van der Waals surface area contributed by atoms with Gasteiger partial charge in [0.1, 0.15) is 6.54 Å². The molecule has 1 aliphatic rings. The van der Waals surface area contributed by atoms with Crippen molar-refractivity contribution in [3.63, 3.8) is 0 Å². The molecule has 6 nitrogen and oxygen atoms in total. The number of pyridine rings is 1. The molecule has 2 heterocycles. The summed E-state index contributed by atoms with van der Waals surface area (Å²) in [4.78, 5) is 31.6. The molecule has 27 heavy (non-hydrogen) atoms. The molecule has 1 aromatic heterocycles. The van der Waals surface area contributed by atoms with Gasteiger partial charge < -0.3 is 15.1 Å². The molecule has 0 unspecified atom stereocenters. The Bertz CT molecular complexity index is 877. The zero-order valence-electron chi connectivity index (χ0n) is 13.9. The number of carbonyl (C=O) groups is 2. The van der Waals surface area contributed by atoms with Crippen LogP contribution in [0.15, 0.2) is 30.6 Å². The molecule has 1 saturated heterocycles. The van der Waals surface area contributed by atoms with Crippen molar-refractivity contribution in [2.24, 2.45) is 0 Å². The van der Waals surface area contributed by atoms with Gasteiger partial charge in [0.2, 0.25) is 5.91 Å². The predicted molar refractivity (Wildman–Crippen MR) is 98.2 cm³/mol. The summed E-state index contributed by atoms with van der Waals surface area (Å²) >= 11 is 12.2. The summed E-state index contributed by atoms with van der Waals surface area (Å²) in [6, 6.07) is 2.42. The van der Waals surface area contributed by atoms with Crippen molar-refractivity contribution < 1.29 is 18.4 Å². The van der Waals surface area contributed by atoms with Crippen LogP contribution in [-0.4, -0.2) is 41.5 Å². The van der Waals surface area contributed by atoms with Crippen LogP contribution in [0.4, 0.5) is 25.0 Å². The number of carbonyl (C=O) groups excluding carboxylic acids is 2. The zero-order valence-corrected chi connectivity index (χ0v) is 15.4. The molecule has 142 valence electrons. The number of anilines is 2. The van der Waals surface area contributed by atoms with E-state index in [1.165, 1.54) is 28.3 Å². The van der Waals surface area contributed by atoms with Crippen LogP contribution in [0.1, 0.15) is 6.42 Å². The molecule has 1 N–H and O–H groups in total. The molecular weight excluding hydrogens is 401 g/mol. The van der Waals surface area contributed by atoms with Crippen LogP contribution in [-0.2, 0) is 4.79 Å². The SMILES string of the molecule is O=C(Nc1ccc(F)c(F)c1)N1CCCN(c2c(Cl)cncc2Cl)C(=O)C1. The molecule has 10 heteroatoms. The lowest BCUT2D eigenvalue weighted by Gasteiger charge is -2.23. The van der Waals surface area contributed by atoms with Gasteiger partial charge in [0.25, 0.3) is 0 Å². The number of aromatic nitrogens is 1. The van der Waals surface area contributed by atoms with E-state index in [0.717, 1.165) is 12.1 Å². The highest BCUT2D eigenvalue weighted by molar-refractivity contribution is 6.39. The quantitative estimate of drug-likeness (QED) is 0.809. The molecule has 3 rings (SSSR count). The fourth-order valence-electron chi connectivity index (χ4n) is 2.72. The van der Waals surface area contributed by atoms with E-state index >= 15 is 0 Å². The molecule has 1 aliphatic heterocycles. The minimum Gasteiger partial charge on any atom is -0.315 e. The van der Waals surface area contributed by atoms with Gasteiger partial charge in [0.05, 0.1) is 15.7 Å². The number of nitrogens with one attached hydrogen (secondary N) is 1. The Morgan fingerprint density at radius 1 is 1.11 bits per heavy atom. The van der Waals surface area contributed by atoms with Crippen LogP contribution in [0.2, 0.25) is 10.0 Å². The summed E-state index contributed by atoms with van der Waals surface area (Å²) < 4.78 is 26.3. The van der Waals surface area contributed by atoms with Crippen LogP contribution < -0.4 is 10.2 Å². The van der Waals surface area contributed by atoms with Crippen molar-refractivity contribution in [3.8, 4) is 0 Å². The van der Waals surface area contributed by atoms with Crippen LogP contribution >= 0.6 is 23.2 Å². The van der Waals surface area contributed by atoms with Crippen molar-refractivity contribution >= 4 is 46.5 Å². The highest BCUT2D eigenvalue weighted by Crippen LogP contribution is 2.33. The van der Waals surface area contributed by atoms with Crippen LogP contribution in [0.5, 0.6) is 0 Å². The summed E-state index contributed by atoms with van der Waals surface area (Å²) in [5.41, 5.74) is 0.439. The van der Waals surface area contributed by atoms with E-state index in [-0.39, 0.29) is 34.7 Å². The summed E-state index contributed by atoms with van der Waals surface area (Å²) in [7, 11) is 0. The molecule has 0 spiro atoms. The van der Waals surface area contributed by atoms with E-state index in [4.69, 9.17) is 23.2 Å². The molecular formula is C17H14Cl2F2N4O2. The predicted octanol–water partition coefficient (Wildman–Crippen LogP) is 3.94. The largest absolute Gasteiger partial charge is 0.322 e. The van der Waals surface area contributed by atoms with Gasteiger partial charge in [-0.2, -0.15) is 0 Å². The van der Waals surface area contributed by atoms with Gasteiger partial charge in [0, 0.05) is 37.2 Å². The van der Waals surface area contributed by atoms with Gasteiger partial charge in [-0.05, 0) is 18.6 Å². The maximum absolute atomic E-state index is 13.3. The van der Waals surface area contributed by atoms with E-state index in [1.807, 2.05) is 0 Å². The average molecular weight is 415 g/mol. The van der Waals surface area contributed by atoms with Crippen molar-refractivity contribution in [2.75, 3.05) is 29.9 Å². The maximum Gasteiger partial charge on any atom is 0.322 e. The van der Waals surface area contributed by atoms with Gasteiger partial charge in [-0.25, -0.2) is 13.6 Å². The smallest absolute Gasteiger partial charge is 0.315 e. The molecule has 1 aromatic carbocycles. The normalized spacial score (nSPS) is 14.9. The number of urea groups is 1. The molecule has 0 atom stereocenters. The van der Waals surface area contributed by atoms with Crippen molar-refractivity contribution in [1.82, 2.24) is 9.88 Å². The maximum atomic E-state index is 13.3. The number of rotatable bonds is 2. The van der Waals surface area contributed by atoms with Gasteiger partial charge in [-0.1, -0.05) is 23.2 Å². The summed E-state index contributed by atoms with van der Waals surface area (Å²) in [5.74, 6) is -2.46. The Kier molecular flexibility index (Phi) is 5.76. The first-order valence-electron chi connectivity index (χ1n) is 7.97. The summed E-state index contributed by atoms with van der Waals surface area (Å²) in [5, 5.41) is 2.92. The first kappa shape index (κ1) is 19.3. The average Bonchev–Trinajstić information content (AvgIpc) is 2.80. The first-order valence-corrected chi connectivity index (χ1v) is 8.72. The Morgan fingerprint density at radius 3 is 2.48 bits per heavy atom. The Morgan fingerprint density at radius 2 is 1.81 bits per heavy atom. The minimum absolute atomic E-state index is 0.0904. The minimum atomic E-state index is -1.08. The standard InChI is InChI=1S/C17H14Cl2F2N4O2/c18-11-7-22-8-12(19)16(11)25-5-1-4-24(9-15(25)26)17(27)23-10-2-3-13(20)14(21)6-10/h2-3,6-8H,1,4-5,9H2,(H,23,27). The lowest BCUT2D eigenvalue weighted by molar-refractivity contribution is -0.118. The Balaban J connectivity index is 1.74. The van der Waals surface area contributed by atoms with Crippen LogP contribution in [0.25, 0.3) is 0 Å². The van der Waals surface area contributed by atoms with Gasteiger partial charge in [-0.3, -0.25) is 9.78 Å². The lowest BCUT2D eigenvalue weighted by Crippen LogP contribution is -2.41. The number of hydrogen-bond donors (Lipinski definition) is 1. The topological polar surface area (TPSA) is 65.5 Å². The van der Waals surface area contributed by atoms with Crippen LogP contribution in [0, 0.1) is 11.6 Å². The zero-order chi connectivity index (χ0) is 19.6. The molecule has 2 aromatic rings. The van der Waals surface area contributed by atoms with E-state index in [9.17, 15) is 18.4 Å². The fourth-order valence-corrected chi connectivity index (χ4v) is 3.29. The number of nitrogens with zero attached hydrogens (tertiary/aromatic N) is 3.